The third-order valence-corrected chi connectivity index (χ3v) is 3.20. The molecule has 3 N–H and O–H groups in total. The number of nitrogens with one attached hydrogen (secondary N) is 1. The molecule has 0 aliphatic rings. The van der Waals surface area contributed by atoms with Crippen molar-refractivity contribution in [1.82, 2.24) is 5.32 Å². The molecule has 0 saturated heterocycles. The average Bonchev–Trinajstić information content (AvgIpc) is 2.49. The van der Waals surface area contributed by atoms with Crippen molar-refractivity contribution in [2.75, 3.05) is 31.6 Å². The van der Waals surface area contributed by atoms with E-state index in [2.05, 4.69) is 15.0 Å². The highest BCUT2D eigenvalue weighted by Gasteiger charge is 2.07. The van der Waals surface area contributed by atoms with Gasteiger partial charge in [-0.1, -0.05) is 11.8 Å². The number of halogens is 1. The van der Waals surface area contributed by atoms with Crippen LogP contribution >= 0.6 is 23.4 Å². The van der Waals surface area contributed by atoms with E-state index < -0.39 is 6.09 Å². The summed E-state index contributed by atoms with van der Waals surface area (Å²) in [4.78, 5) is 15.4. The fourth-order valence-electron chi connectivity index (χ4n) is 1.34. The number of alkyl carbamates (subject to hydrolysis) is 1. The number of benzene rings is 1. The van der Waals surface area contributed by atoms with Gasteiger partial charge in [-0.25, -0.2) is 9.79 Å². The van der Waals surface area contributed by atoms with Crippen molar-refractivity contribution in [1.29, 1.82) is 0 Å². The van der Waals surface area contributed by atoms with Gasteiger partial charge in [0.15, 0.2) is 5.17 Å². The second-order valence-electron chi connectivity index (χ2n) is 3.85. The molecule has 0 fully saturated rings. The van der Waals surface area contributed by atoms with Crippen molar-refractivity contribution in [2.45, 2.75) is 6.42 Å². The van der Waals surface area contributed by atoms with Gasteiger partial charge in [0, 0.05) is 11.9 Å². The SMILES string of the molecule is COC(=O)NC(=Nc1ccc(OCCCCl)cc1N)SC. The van der Waals surface area contributed by atoms with Crippen LogP contribution in [0.5, 0.6) is 5.75 Å². The molecule has 0 spiro atoms. The van der Waals surface area contributed by atoms with Crippen LogP contribution in [0.3, 0.4) is 0 Å². The first-order chi connectivity index (χ1) is 10.1. The van der Waals surface area contributed by atoms with Gasteiger partial charge in [0.2, 0.25) is 0 Å². The van der Waals surface area contributed by atoms with Gasteiger partial charge in [0.25, 0.3) is 0 Å². The first-order valence-corrected chi connectivity index (χ1v) is 7.92. The van der Waals surface area contributed by atoms with Gasteiger partial charge in [-0.3, -0.25) is 5.32 Å². The van der Waals surface area contributed by atoms with E-state index in [9.17, 15) is 4.79 Å². The molecule has 0 aliphatic heterocycles. The van der Waals surface area contributed by atoms with Gasteiger partial charge >= 0.3 is 6.09 Å². The smallest absolute Gasteiger partial charge is 0.412 e. The minimum atomic E-state index is -0.581. The van der Waals surface area contributed by atoms with Gasteiger partial charge < -0.3 is 15.2 Å². The molecule has 0 saturated carbocycles. The summed E-state index contributed by atoms with van der Waals surface area (Å²) in [5.41, 5.74) is 6.92. The zero-order valence-corrected chi connectivity index (χ0v) is 13.5. The Bertz CT molecular complexity index is 511. The van der Waals surface area contributed by atoms with E-state index in [1.165, 1.54) is 18.9 Å². The van der Waals surface area contributed by atoms with Gasteiger partial charge in [-0.15, -0.1) is 11.6 Å². The number of carbonyl (C=O) groups is 1. The summed E-state index contributed by atoms with van der Waals surface area (Å²) in [7, 11) is 1.29. The van der Waals surface area contributed by atoms with Crippen LogP contribution in [0.2, 0.25) is 0 Å². The van der Waals surface area contributed by atoms with Gasteiger partial charge in [0.05, 0.1) is 25.1 Å². The quantitative estimate of drug-likeness (QED) is 0.285. The summed E-state index contributed by atoms with van der Waals surface area (Å²) in [6.45, 7) is 0.533. The minimum absolute atomic E-state index is 0.393. The molecule has 0 bridgehead atoms. The van der Waals surface area contributed by atoms with E-state index in [0.717, 1.165) is 6.42 Å². The van der Waals surface area contributed by atoms with E-state index in [0.29, 0.717) is 34.8 Å². The Kier molecular flexibility index (Phi) is 7.78. The number of anilines is 1. The Hall–Kier alpha value is -1.60. The highest BCUT2D eigenvalue weighted by Crippen LogP contribution is 2.27. The third-order valence-electron chi connectivity index (χ3n) is 2.36. The van der Waals surface area contributed by atoms with Crippen molar-refractivity contribution in [3.8, 4) is 5.75 Å². The van der Waals surface area contributed by atoms with Crippen molar-refractivity contribution >= 4 is 46.0 Å². The Balaban J connectivity index is 2.80. The van der Waals surface area contributed by atoms with Crippen LogP contribution in [0.4, 0.5) is 16.2 Å². The fourth-order valence-corrected chi connectivity index (χ4v) is 1.83. The Morgan fingerprint density at radius 3 is 2.86 bits per heavy atom. The molecular weight excluding hydrogens is 314 g/mol. The number of rotatable bonds is 5. The first-order valence-electron chi connectivity index (χ1n) is 6.16. The summed E-state index contributed by atoms with van der Waals surface area (Å²) < 4.78 is 10.0. The lowest BCUT2D eigenvalue weighted by Gasteiger charge is -2.09. The van der Waals surface area contributed by atoms with Gasteiger partial charge in [0.1, 0.15) is 5.75 Å². The molecule has 116 valence electrons. The molecule has 1 amide bonds. The number of alkyl halides is 1. The molecule has 21 heavy (non-hydrogen) atoms. The summed E-state index contributed by atoms with van der Waals surface area (Å²) in [6, 6.07) is 5.17. The second kappa shape index (κ2) is 9.36. The van der Waals surface area contributed by atoms with Crippen LogP contribution in [0.15, 0.2) is 23.2 Å². The van der Waals surface area contributed by atoms with E-state index in [-0.39, 0.29) is 0 Å². The standard InChI is InChI=1S/C13H18ClN3O3S/c1-19-13(18)17-12(21-2)16-11-5-4-9(8-10(11)15)20-7-3-6-14/h4-5,8H,3,6-7,15H2,1-2H3,(H,16,17,18). The van der Waals surface area contributed by atoms with Crippen LogP contribution < -0.4 is 15.8 Å². The normalized spacial score (nSPS) is 11.1. The highest BCUT2D eigenvalue weighted by atomic mass is 35.5. The molecule has 1 rings (SSSR count). The number of amides is 1. The number of aliphatic imine (C=N–C) groups is 1. The Labute approximate surface area is 133 Å². The number of carbonyl (C=O) groups excluding carboxylic acids is 1. The number of amidine groups is 1. The van der Waals surface area contributed by atoms with Crippen LogP contribution in [0.1, 0.15) is 6.42 Å². The Morgan fingerprint density at radius 1 is 1.52 bits per heavy atom. The molecule has 1 aromatic rings. The zero-order valence-electron chi connectivity index (χ0n) is 11.9. The summed E-state index contributed by atoms with van der Waals surface area (Å²) in [5.74, 6) is 1.21. The predicted octanol–water partition coefficient (Wildman–Crippen LogP) is 2.98. The van der Waals surface area contributed by atoms with Crippen LogP contribution in [-0.4, -0.2) is 37.1 Å². The number of nitrogen functional groups attached to an aromatic ring is 1. The Morgan fingerprint density at radius 2 is 2.29 bits per heavy atom. The topological polar surface area (TPSA) is 85.9 Å². The molecular formula is C13H18ClN3O3S. The maximum atomic E-state index is 11.2. The van der Waals surface area contributed by atoms with Gasteiger partial charge in [-0.05, 0) is 24.8 Å². The number of hydrogen-bond donors (Lipinski definition) is 2. The lowest BCUT2D eigenvalue weighted by molar-refractivity contribution is 0.177. The maximum absolute atomic E-state index is 11.2. The molecule has 8 heteroatoms. The molecule has 0 aromatic heterocycles. The van der Waals surface area contributed by atoms with Crippen molar-refractivity contribution in [3.63, 3.8) is 0 Å². The van der Waals surface area contributed by atoms with E-state index in [4.69, 9.17) is 22.1 Å². The monoisotopic (exact) mass is 331 g/mol. The maximum Gasteiger partial charge on any atom is 0.412 e. The third kappa shape index (κ3) is 6.14. The molecule has 0 aliphatic carbocycles. The van der Waals surface area contributed by atoms with Gasteiger partial charge in [-0.2, -0.15) is 0 Å². The molecule has 0 unspecified atom stereocenters. The summed E-state index contributed by atoms with van der Waals surface area (Å²) in [6.07, 6.45) is 1.97. The minimum Gasteiger partial charge on any atom is -0.493 e. The summed E-state index contributed by atoms with van der Waals surface area (Å²) >= 11 is 6.86. The summed E-state index contributed by atoms with van der Waals surface area (Å²) in [5, 5.41) is 2.89. The first kappa shape index (κ1) is 17.5. The van der Waals surface area contributed by atoms with Crippen LogP contribution in [0, 0.1) is 0 Å². The van der Waals surface area contributed by atoms with Crippen LogP contribution in [-0.2, 0) is 4.74 Å². The van der Waals surface area contributed by atoms with Crippen molar-refractivity contribution in [2.24, 2.45) is 4.99 Å². The number of thioether (sulfide) groups is 1. The van der Waals surface area contributed by atoms with Crippen molar-refractivity contribution in [3.05, 3.63) is 18.2 Å². The molecule has 6 nitrogen and oxygen atoms in total. The molecule has 1 aromatic carbocycles. The molecule has 0 heterocycles. The van der Waals surface area contributed by atoms with Crippen LogP contribution in [0.25, 0.3) is 0 Å². The lowest BCUT2D eigenvalue weighted by atomic mass is 10.2. The highest BCUT2D eigenvalue weighted by molar-refractivity contribution is 8.13. The predicted molar refractivity (Wildman–Crippen MR) is 87.8 cm³/mol. The van der Waals surface area contributed by atoms with E-state index >= 15 is 0 Å². The fraction of sp³-hybridized carbons (Fsp3) is 0.385. The number of methoxy groups -OCH3 is 1. The number of ether oxygens (including phenoxy) is 2. The lowest BCUT2D eigenvalue weighted by Crippen LogP contribution is -2.27. The number of hydrogen-bond acceptors (Lipinski definition) is 6. The zero-order chi connectivity index (χ0) is 15.7. The van der Waals surface area contributed by atoms with E-state index in [1.807, 2.05) is 0 Å². The number of nitrogens with zero attached hydrogens (tertiary/aromatic N) is 1. The van der Waals surface area contributed by atoms with Crippen molar-refractivity contribution < 1.29 is 14.3 Å². The largest absolute Gasteiger partial charge is 0.493 e. The molecule has 0 radical (unpaired) electrons. The second-order valence-corrected chi connectivity index (χ2v) is 5.02. The van der Waals surface area contributed by atoms with E-state index in [1.54, 1.807) is 24.5 Å². The number of nitrogens with two attached hydrogens (primary N) is 1. The molecule has 0 atom stereocenters. The average molecular weight is 332 g/mol.